The van der Waals surface area contributed by atoms with E-state index in [-0.39, 0.29) is 23.4 Å². The van der Waals surface area contributed by atoms with E-state index < -0.39 is 77.1 Å². The molecule has 2 atom stereocenters. The quantitative estimate of drug-likeness (QED) is 0.245. The van der Waals surface area contributed by atoms with Crippen molar-refractivity contribution in [1.82, 2.24) is 20.1 Å². The van der Waals surface area contributed by atoms with E-state index in [9.17, 15) is 40.6 Å². The molecular weight excluding hydrogens is 637 g/mol. The normalized spacial score (nSPS) is 16.9. The minimum absolute atomic E-state index is 0.0965. The van der Waals surface area contributed by atoms with Crippen LogP contribution >= 0.6 is 15.9 Å². The summed E-state index contributed by atoms with van der Waals surface area (Å²) in [6.45, 7) is 3.13. The topological polar surface area (TPSA) is 80.0 Å². The summed E-state index contributed by atoms with van der Waals surface area (Å²) in [6.07, 6.45) is -6.13. The molecule has 4 rings (SSSR count). The van der Waals surface area contributed by atoms with Gasteiger partial charge in [-0.1, -0.05) is 12.8 Å². The van der Waals surface area contributed by atoms with Crippen LogP contribution in [0.3, 0.4) is 0 Å². The van der Waals surface area contributed by atoms with E-state index in [1.807, 2.05) is 0 Å². The van der Waals surface area contributed by atoms with E-state index >= 15 is 0 Å². The lowest BCUT2D eigenvalue weighted by molar-refractivity contribution is -0.142. The number of nitrogens with zero attached hydrogens (tertiary/aromatic N) is 3. The van der Waals surface area contributed by atoms with Gasteiger partial charge >= 0.3 is 6.18 Å². The number of hydrogen-bond donors (Lipinski definition) is 2. The Morgan fingerprint density at radius 3 is 2.45 bits per heavy atom. The molecule has 2 aromatic heterocycles. The maximum absolute atomic E-state index is 14.8. The number of carbonyl (C=O) groups is 1. The molecular formula is C28H24BrF7N4O2. The van der Waals surface area contributed by atoms with Crippen LogP contribution in [-0.4, -0.2) is 31.4 Å². The number of carbonyl (C=O) groups excluding carboxylic acids is 1. The van der Waals surface area contributed by atoms with Crippen LogP contribution in [0.15, 0.2) is 34.8 Å². The molecule has 2 heterocycles. The standard InChI is InChI=1S/C28H24BrF7N4O2/c1-14-12-27(32,33)25-22(14)24(28(34,35)36)39-40(25)13-21(41)38-20(10-15-8-16(30)11-17(31)9-15)23-19(29)5-4-18(37-23)6-7-26(2,3)42/h4-5,8-9,11,14,20,42H,10,12-13H2,1-3H3,(H,38,41)/t14-,20-/m0/s1. The molecule has 0 unspecified atom stereocenters. The first-order valence-corrected chi connectivity index (χ1v) is 13.4. The average Bonchev–Trinajstić information content (AvgIpc) is 3.33. The number of aliphatic hydroxyl groups is 1. The van der Waals surface area contributed by atoms with Crippen LogP contribution in [0, 0.1) is 23.5 Å². The van der Waals surface area contributed by atoms with Crippen molar-refractivity contribution in [3.63, 3.8) is 0 Å². The van der Waals surface area contributed by atoms with Crippen molar-refractivity contribution in [2.75, 3.05) is 0 Å². The number of benzene rings is 1. The SMILES string of the molecule is C[C@H]1CC(F)(F)c2c1c(C(F)(F)F)nn2CC(=O)N[C@@H](Cc1cc(F)cc(F)c1)c1nc(C#CC(C)(C)O)ccc1Br. The molecule has 224 valence electrons. The summed E-state index contributed by atoms with van der Waals surface area (Å²) in [5, 5.41) is 15.8. The molecule has 14 heteroatoms. The fraction of sp³-hybridized carbons (Fsp3) is 0.393. The zero-order valence-corrected chi connectivity index (χ0v) is 24.0. The molecule has 6 nitrogen and oxygen atoms in total. The zero-order valence-electron chi connectivity index (χ0n) is 22.4. The maximum Gasteiger partial charge on any atom is 0.435 e. The van der Waals surface area contributed by atoms with Crippen LogP contribution in [0.1, 0.15) is 73.1 Å². The molecule has 2 N–H and O–H groups in total. The van der Waals surface area contributed by atoms with Crippen LogP contribution in [0.25, 0.3) is 0 Å². The Bertz CT molecular complexity index is 1570. The summed E-state index contributed by atoms with van der Waals surface area (Å²) in [4.78, 5) is 17.6. The number of alkyl halides is 5. The molecule has 1 aromatic carbocycles. The van der Waals surface area contributed by atoms with Gasteiger partial charge in [0.1, 0.15) is 35.2 Å². The molecule has 0 spiro atoms. The van der Waals surface area contributed by atoms with Gasteiger partial charge in [0.15, 0.2) is 5.69 Å². The van der Waals surface area contributed by atoms with Crippen LogP contribution in [0.2, 0.25) is 0 Å². The Labute approximate surface area is 244 Å². The zero-order chi connectivity index (χ0) is 31.2. The van der Waals surface area contributed by atoms with Crippen molar-refractivity contribution in [2.45, 2.75) is 69.8 Å². The Hall–Kier alpha value is -3.44. The summed E-state index contributed by atoms with van der Waals surface area (Å²) >= 11 is 3.31. The van der Waals surface area contributed by atoms with Crippen LogP contribution < -0.4 is 5.32 Å². The number of amides is 1. The third-order valence-corrected chi connectivity index (χ3v) is 7.02. The van der Waals surface area contributed by atoms with Gasteiger partial charge in [-0.2, -0.15) is 27.1 Å². The highest BCUT2D eigenvalue weighted by molar-refractivity contribution is 9.10. The van der Waals surface area contributed by atoms with Gasteiger partial charge in [-0.05, 0) is 77.9 Å². The van der Waals surface area contributed by atoms with E-state index in [1.54, 1.807) is 0 Å². The molecule has 1 aliphatic carbocycles. The second kappa shape index (κ2) is 11.3. The number of fused-ring (bicyclic) bond motifs is 1. The van der Waals surface area contributed by atoms with Crippen molar-refractivity contribution in [1.29, 1.82) is 0 Å². The van der Waals surface area contributed by atoms with Crippen molar-refractivity contribution in [2.24, 2.45) is 0 Å². The molecule has 0 radical (unpaired) electrons. The van der Waals surface area contributed by atoms with Crippen LogP contribution in [-0.2, 0) is 29.9 Å². The second-order valence-corrected chi connectivity index (χ2v) is 11.4. The van der Waals surface area contributed by atoms with E-state index in [0.29, 0.717) is 15.2 Å². The van der Waals surface area contributed by atoms with Crippen molar-refractivity contribution >= 4 is 21.8 Å². The highest BCUT2D eigenvalue weighted by atomic mass is 79.9. The lowest BCUT2D eigenvalue weighted by Gasteiger charge is -2.21. The summed E-state index contributed by atoms with van der Waals surface area (Å²) in [5.41, 5.74) is -4.10. The van der Waals surface area contributed by atoms with E-state index in [0.717, 1.165) is 12.1 Å². The average molecular weight is 661 g/mol. The van der Waals surface area contributed by atoms with Gasteiger partial charge in [-0.3, -0.25) is 9.48 Å². The molecule has 0 saturated carbocycles. The third kappa shape index (κ3) is 7.12. The van der Waals surface area contributed by atoms with Gasteiger partial charge in [-0.15, -0.1) is 0 Å². The number of aromatic nitrogens is 3. The summed E-state index contributed by atoms with van der Waals surface area (Å²) in [5.74, 6) is -2.34. The molecule has 42 heavy (non-hydrogen) atoms. The number of pyridine rings is 1. The van der Waals surface area contributed by atoms with Crippen molar-refractivity contribution in [3.05, 3.63) is 80.3 Å². The lowest BCUT2D eigenvalue weighted by atomic mass is 10.0. The monoisotopic (exact) mass is 660 g/mol. The number of hydrogen-bond acceptors (Lipinski definition) is 4. The minimum Gasteiger partial charge on any atom is -0.378 e. The Morgan fingerprint density at radius 2 is 1.86 bits per heavy atom. The van der Waals surface area contributed by atoms with Crippen molar-refractivity contribution in [3.8, 4) is 11.8 Å². The summed E-state index contributed by atoms with van der Waals surface area (Å²) < 4.78 is 99.1. The molecule has 1 amide bonds. The Morgan fingerprint density at radius 1 is 1.21 bits per heavy atom. The molecule has 1 aliphatic rings. The van der Waals surface area contributed by atoms with Gasteiger partial charge in [-0.25, -0.2) is 13.8 Å². The fourth-order valence-corrected chi connectivity index (χ4v) is 5.28. The van der Waals surface area contributed by atoms with Gasteiger partial charge in [0.25, 0.3) is 5.92 Å². The molecule has 0 bridgehead atoms. The second-order valence-electron chi connectivity index (χ2n) is 10.6. The Balaban J connectivity index is 1.72. The molecule has 0 aliphatic heterocycles. The highest BCUT2D eigenvalue weighted by Crippen LogP contribution is 2.52. The predicted octanol–water partition coefficient (Wildman–Crippen LogP) is 6.16. The van der Waals surface area contributed by atoms with Gasteiger partial charge in [0.2, 0.25) is 5.91 Å². The van der Waals surface area contributed by atoms with Gasteiger partial charge < -0.3 is 10.4 Å². The first-order valence-electron chi connectivity index (χ1n) is 12.6. The largest absolute Gasteiger partial charge is 0.435 e. The number of halogens is 8. The predicted molar refractivity (Wildman–Crippen MR) is 140 cm³/mol. The van der Waals surface area contributed by atoms with Crippen LogP contribution in [0.5, 0.6) is 0 Å². The molecule has 0 fully saturated rings. The smallest absolute Gasteiger partial charge is 0.378 e. The first kappa shape index (κ1) is 31.5. The fourth-order valence-electron chi connectivity index (χ4n) is 4.78. The minimum atomic E-state index is -5.02. The Kier molecular flexibility index (Phi) is 8.50. The number of rotatable bonds is 6. The number of nitrogens with one attached hydrogen (secondary N) is 1. The third-order valence-electron chi connectivity index (χ3n) is 6.35. The summed E-state index contributed by atoms with van der Waals surface area (Å²) in [6, 6.07) is 4.57. The van der Waals surface area contributed by atoms with Gasteiger partial charge in [0, 0.05) is 22.5 Å². The van der Waals surface area contributed by atoms with E-state index in [2.05, 4.69) is 43.2 Å². The highest BCUT2D eigenvalue weighted by Gasteiger charge is 2.53. The van der Waals surface area contributed by atoms with Crippen molar-refractivity contribution < 1.29 is 40.6 Å². The van der Waals surface area contributed by atoms with Crippen LogP contribution in [0.4, 0.5) is 30.7 Å². The lowest BCUT2D eigenvalue weighted by Crippen LogP contribution is -2.35. The summed E-state index contributed by atoms with van der Waals surface area (Å²) in [7, 11) is 0. The van der Waals surface area contributed by atoms with E-state index in [4.69, 9.17) is 0 Å². The first-order chi connectivity index (χ1) is 19.3. The maximum atomic E-state index is 14.8. The molecule has 0 saturated heterocycles. The van der Waals surface area contributed by atoms with Gasteiger partial charge in [0.05, 0.1) is 11.7 Å². The molecule has 3 aromatic rings. The van der Waals surface area contributed by atoms with E-state index in [1.165, 1.54) is 32.9 Å².